The van der Waals surface area contributed by atoms with Crippen LogP contribution in [0.25, 0.3) is 22.2 Å². The van der Waals surface area contributed by atoms with Gasteiger partial charge in [-0.2, -0.15) is 0 Å². The number of fused-ring (bicyclic) bond motifs is 1. The van der Waals surface area contributed by atoms with E-state index in [0.717, 1.165) is 11.1 Å². The molecular formula is C19H22N4O5. The average molecular weight is 386 g/mol. The summed E-state index contributed by atoms with van der Waals surface area (Å²) in [6, 6.07) is 9.60. The molecule has 4 N–H and O–H groups in total. The van der Waals surface area contributed by atoms with E-state index in [4.69, 9.17) is 9.47 Å². The summed E-state index contributed by atoms with van der Waals surface area (Å²) in [5, 5.41) is 30.4. The quantitative estimate of drug-likeness (QED) is 0.487. The fraction of sp³-hybridized carbons (Fsp3) is 0.368. The van der Waals surface area contributed by atoms with Crippen molar-refractivity contribution in [1.82, 2.24) is 14.5 Å². The lowest BCUT2D eigenvalue weighted by atomic mass is 9.96. The maximum absolute atomic E-state index is 10.6. The highest BCUT2D eigenvalue weighted by molar-refractivity contribution is 6.01. The molecule has 0 bridgehead atoms. The Labute approximate surface area is 161 Å². The van der Waals surface area contributed by atoms with Crippen molar-refractivity contribution in [1.29, 1.82) is 0 Å². The zero-order valence-electron chi connectivity index (χ0n) is 15.5. The van der Waals surface area contributed by atoms with Gasteiger partial charge >= 0.3 is 0 Å². The first kappa shape index (κ1) is 18.8. The number of hydrogen-bond donors (Lipinski definition) is 4. The fourth-order valence-corrected chi connectivity index (χ4v) is 3.78. The Morgan fingerprint density at radius 2 is 2.04 bits per heavy atom. The molecule has 3 heterocycles. The molecule has 4 atom stereocenters. The summed E-state index contributed by atoms with van der Waals surface area (Å²) >= 11 is 0. The second-order valence-corrected chi connectivity index (χ2v) is 6.89. The zero-order chi connectivity index (χ0) is 19.9. The molecule has 148 valence electrons. The molecule has 2 aromatic heterocycles. The molecule has 0 radical (unpaired) electrons. The lowest BCUT2D eigenvalue weighted by Gasteiger charge is -2.31. The van der Waals surface area contributed by atoms with Gasteiger partial charge in [-0.15, -0.1) is 0 Å². The lowest BCUT2D eigenvalue weighted by molar-refractivity contribution is -0.118. The molecule has 2 unspecified atom stereocenters. The number of methoxy groups -OCH3 is 1. The molecule has 1 aromatic carbocycles. The number of hydrogen-bond acceptors (Lipinski definition) is 8. The van der Waals surface area contributed by atoms with Crippen LogP contribution in [-0.2, 0) is 9.47 Å². The van der Waals surface area contributed by atoms with Crippen molar-refractivity contribution >= 4 is 16.9 Å². The van der Waals surface area contributed by atoms with Gasteiger partial charge in [0.05, 0.1) is 12.0 Å². The summed E-state index contributed by atoms with van der Waals surface area (Å²) in [7, 11) is 1.48. The molecule has 1 fully saturated rings. The van der Waals surface area contributed by atoms with E-state index in [9.17, 15) is 15.4 Å². The van der Waals surface area contributed by atoms with Crippen molar-refractivity contribution in [2.75, 3.05) is 19.2 Å². The summed E-state index contributed by atoms with van der Waals surface area (Å²) in [5.74, 6) is 0.249. The molecule has 4 rings (SSSR count). The molecular weight excluding hydrogens is 364 g/mol. The Bertz CT molecular complexity index is 979. The van der Waals surface area contributed by atoms with Crippen LogP contribution in [0.1, 0.15) is 13.2 Å². The van der Waals surface area contributed by atoms with Gasteiger partial charge in [0.1, 0.15) is 29.8 Å². The van der Waals surface area contributed by atoms with Gasteiger partial charge in [-0.05, 0) is 12.5 Å². The highest BCUT2D eigenvalue weighted by atomic mass is 16.6. The van der Waals surface area contributed by atoms with Gasteiger partial charge in [-0.1, -0.05) is 30.3 Å². The molecule has 28 heavy (non-hydrogen) atoms. The SMILES string of the molecule is CO[C@]1(C)C(O)C(CO)O[C@H]1n1cc(-c2ccccc2)c2c(NO)ncnc21. The van der Waals surface area contributed by atoms with Crippen LogP contribution < -0.4 is 5.48 Å². The maximum Gasteiger partial charge on any atom is 0.167 e. The van der Waals surface area contributed by atoms with Gasteiger partial charge in [-0.25, -0.2) is 9.97 Å². The largest absolute Gasteiger partial charge is 0.394 e. The molecule has 1 aliphatic rings. The number of aliphatic hydroxyl groups is 2. The normalized spacial score (nSPS) is 27.4. The van der Waals surface area contributed by atoms with Crippen molar-refractivity contribution < 1.29 is 24.9 Å². The summed E-state index contributed by atoms with van der Waals surface area (Å²) in [4.78, 5) is 8.48. The van der Waals surface area contributed by atoms with E-state index in [0.29, 0.717) is 11.0 Å². The molecule has 9 heteroatoms. The van der Waals surface area contributed by atoms with Crippen LogP contribution >= 0.6 is 0 Å². The number of aliphatic hydroxyl groups excluding tert-OH is 2. The summed E-state index contributed by atoms with van der Waals surface area (Å²) in [5.41, 5.74) is 3.16. The van der Waals surface area contributed by atoms with Gasteiger partial charge in [0.25, 0.3) is 0 Å². The third-order valence-corrected chi connectivity index (χ3v) is 5.41. The van der Waals surface area contributed by atoms with Gasteiger partial charge in [-0.3, -0.25) is 10.7 Å². The topological polar surface area (TPSA) is 122 Å². The molecule has 9 nitrogen and oxygen atoms in total. The molecule has 1 saturated heterocycles. The first-order valence-corrected chi connectivity index (χ1v) is 8.85. The predicted octanol–water partition coefficient (Wildman–Crippen LogP) is 1.56. The highest BCUT2D eigenvalue weighted by Crippen LogP contribution is 2.44. The van der Waals surface area contributed by atoms with E-state index in [2.05, 4.69) is 15.4 Å². The van der Waals surface area contributed by atoms with Crippen molar-refractivity contribution in [2.24, 2.45) is 0 Å². The van der Waals surface area contributed by atoms with E-state index >= 15 is 0 Å². The second kappa shape index (κ2) is 7.12. The Morgan fingerprint density at radius 1 is 1.29 bits per heavy atom. The minimum absolute atomic E-state index is 0.249. The summed E-state index contributed by atoms with van der Waals surface area (Å²) < 4.78 is 13.3. The smallest absolute Gasteiger partial charge is 0.167 e. The minimum Gasteiger partial charge on any atom is -0.394 e. The molecule has 1 aliphatic heterocycles. The van der Waals surface area contributed by atoms with Gasteiger partial charge < -0.3 is 24.3 Å². The lowest BCUT2D eigenvalue weighted by Crippen LogP contribution is -2.46. The molecule has 0 saturated carbocycles. The average Bonchev–Trinajstić information content (AvgIpc) is 3.24. The summed E-state index contributed by atoms with van der Waals surface area (Å²) in [6.07, 6.45) is 0.549. The molecule has 0 spiro atoms. The van der Waals surface area contributed by atoms with Crippen LogP contribution in [0.4, 0.5) is 5.82 Å². The molecule has 0 amide bonds. The summed E-state index contributed by atoms with van der Waals surface area (Å²) in [6.45, 7) is 1.37. The van der Waals surface area contributed by atoms with Crippen LogP contribution in [0.5, 0.6) is 0 Å². The number of anilines is 1. The van der Waals surface area contributed by atoms with Crippen molar-refractivity contribution in [3.8, 4) is 11.1 Å². The third kappa shape index (κ3) is 2.67. The predicted molar refractivity (Wildman–Crippen MR) is 101 cm³/mol. The van der Waals surface area contributed by atoms with Gasteiger partial charge in [0.2, 0.25) is 0 Å². The van der Waals surface area contributed by atoms with E-state index in [1.54, 1.807) is 11.5 Å². The number of benzene rings is 1. The van der Waals surface area contributed by atoms with Crippen LogP contribution in [0.15, 0.2) is 42.9 Å². The van der Waals surface area contributed by atoms with Gasteiger partial charge in [0.15, 0.2) is 12.0 Å². The van der Waals surface area contributed by atoms with Crippen LogP contribution in [0, 0.1) is 0 Å². The van der Waals surface area contributed by atoms with Gasteiger partial charge in [0, 0.05) is 18.9 Å². The van der Waals surface area contributed by atoms with Crippen molar-refractivity contribution in [3.63, 3.8) is 0 Å². The minimum atomic E-state index is -1.12. The van der Waals surface area contributed by atoms with Crippen LogP contribution in [0.3, 0.4) is 0 Å². The number of aromatic nitrogens is 3. The first-order valence-electron chi connectivity index (χ1n) is 8.85. The monoisotopic (exact) mass is 386 g/mol. The number of ether oxygens (including phenoxy) is 2. The van der Waals surface area contributed by atoms with Crippen molar-refractivity contribution in [3.05, 3.63) is 42.9 Å². The standard InChI is InChI=1S/C19H22N4O5/c1-19(27-2)15(25)13(9-24)28-18(19)23-8-12(11-6-4-3-5-7-11)14-16(22-26)20-10-21-17(14)23/h3-8,10,13,15,18,24-26H,9H2,1-2H3,(H,20,21,22)/t13?,15?,18-,19-/m1/s1. The third-order valence-electron chi connectivity index (χ3n) is 5.41. The van der Waals surface area contributed by atoms with Crippen molar-refractivity contribution in [2.45, 2.75) is 31.0 Å². The van der Waals surface area contributed by atoms with Crippen LogP contribution in [0.2, 0.25) is 0 Å². The van der Waals surface area contributed by atoms with E-state index in [1.807, 2.05) is 36.5 Å². The number of nitrogens with zero attached hydrogens (tertiary/aromatic N) is 3. The number of nitrogens with one attached hydrogen (secondary N) is 1. The molecule has 0 aliphatic carbocycles. The molecule has 3 aromatic rings. The first-order chi connectivity index (χ1) is 13.5. The van der Waals surface area contributed by atoms with Crippen LogP contribution in [-0.4, -0.2) is 61.5 Å². The van der Waals surface area contributed by atoms with E-state index in [-0.39, 0.29) is 12.4 Å². The van der Waals surface area contributed by atoms with E-state index < -0.39 is 24.0 Å². The fourth-order valence-electron chi connectivity index (χ4n) is 3.78. The Kier molecular flexibility index (Phi) is 4.77. The Hall–Kier alpha value is -2.56. The van der Waals surface area contributed by atoms with E-state index in [1.165, 1.54) is 13.4 Å². The Balaban J connectivity index is 1.96. The number of rotatable bonds is 5. The second-order valence-electron chi connectivity index (χ2n) is 6.89. The highest BCUT2D eigenvalue weighted by Gasteiger charge is 2.54. The zero-order valence-corrected chi connectivity index (χ0v) is 15.5. The Morgan fingerprint density at radius 3 is 2.68 bits per heavy atom. The maximum atomic E-state index is 10.6.